The smallest absolute Gasteiger partial charge is 0.319 e. The standard InChI is InChI=1S/C19H17N3O4/c1-25-16-8-7-14(9-15(11-20)18(23)22-19(21)24)10-17(16)26-12-13-5-3-2-4-6-13/h2-10H,12H2,1H3,(H3,21,22,23,24)/b15-9-. The van der Waals surface area contributed by atoms with E-state index < -0.39 is 11.9 Å². The zero-order chi connectivity index (χ0) is 18.9. The Labute approximate surface area is 150 Å². The highest BCUT2D eigenvalue weighted by Gasteiger charge is 2.12. The zero-order valence-corrected chi connectivity index (χ0v) is 14.1. The SMILES string of the molecule is COc1ccc(/C=C(/C#N)C(=O)NC(N)=O)cc1OCc1ccccc1. The summed E-state index contributed by atoms with van der Waals surface area (Å²) in [6.07, 6.45) is 1.33. The predicted octanol–water partition coefficient (Wildman–Crippen LogP) is 2.38. The molecule has 2 aromatic carbocycles. The van der Waals surface area contributed by atoms with Crippen molar-refractivity contribution in [3.8, 4) is 17.6 Å². The molecule has 0 spiro atoms. The highest BCUT2D eigenvalue weighted by Crippen LogP contribution is 2.29. The number of carbonyl (C=O) groups excluding carboxylic acids is 2. The molecule has 0 aliphatic rings. The maximum Gasteiger partial charge on any atom is 0.319 e. The molecule has 0 aliphatic carbocycles. The van der Waals surface area contributed by atoms with Crippen LogP contribution in [0.4, 0.5) is 4.79 Å². The third-order valence-electron chi connectivity index (χ3n) is 3.34. The van der Waals surface area contributed by atoms with E-state index in [0.717, 1.165) is 5.56 Å². The van der Waals surface area contributed by atoms with Crippen LogP contribution in [0.2, 0.25) is 0 Å². The molecule has 3 amide bonds. The number of imide groups is 1. The van der Waals surface area contributed by atoms with Gasteiger partial charge in [-0.15, -0.1) is 0 Å². The van der Waals surface area contributed by atoms with E-state index in [-0.39, 0.29) is 5.57 Å². The van der Waals surface area contributed by atoms with Crippen molar-refractivity contribution >= 4 is 18.0 Å². The Balaban J connectivity index is 2.24. The van der Waals surface area contributed by atoms with Crippen molar-refractivity contribution in [3.05, 3.63) is 65.2 Å². The lowest BCUT2D eigenvalue weighted by molar-refractivity contribution is -0.115. The fraction of sp³-hybridized carbons (Fsp3) is 0.105. The molecule has 0 atom stereocenters. The summed E-state index contributed by atoms with van der Waals surface area (Å²) in [4.78, 5) is 22.5. The van der Waals surface area contributed by atoms with Gasteiger partial charge >= 0.3 is 6.03 Å². The topological polar surface area (TPSA) is 114 Å². The molecule has 0 bridgehead atoms. The zero-order valence-electron chi connectivity index (χ0n) is 14.1. The van der Waals surface area contributed by atoms with E-state index in [1.807, 2.05) is 35.6 Å². The molecule has 7 heteroatoms. The van der Waals surface area contributed by atoms with Crippen molar-refractivity contribution in [1.82, 2.24) is 5.32 Å². The first-order chi connectivity index (χ1) is 12.5. The van der Waals surface area contributed by atoms with E-state index in [4.69, 9.17) is 20.5 Å². The number of urea groups is 1. The average molecular weight is 351 g/mol. The second-order valence-electron chi connectivity index (χ2n) is 5.17. The number of amides is 3. The first kappa shape index (κ1) is 18.5. The highest BCUT2D eigenvalue weighted by atomic mass is 16.5. The second-order valence-corrected chi connectivity index (χ2v) is 5.17. The van der Waals surface area contributed by atoms with Gasteiger partial charge in [0, 0.05) is 0 Å². The number of nitrogens with one attached hydrogen (secondary N) is 1. The van der Waals surface area contributed by atoms with Gasteiger partial charge in [0.25, 0.3) is 5.91 Å². The number of hydrogen-bond donors (Lipinski definition) is 2. The maximum absolute atomic E-state index is 11.7. The van der Waals surface area contributed by atoms with E-state index in [9.17, 15) is 9.59 Å². The maximum atomic E-state index is 11.7. The van der Waals surface area contributed by atoms with Crippen molar-refractivity contribution in [3.63, 3.8) is 0 Å². The average Bonchev–Trinajstić information content (AvgIpc) is 2.64. The highest BCUT2D eigenvalue weighted by molar-refractivity contribution is 6.08. The van der Waals surface area contributed by atoms with Gasteiger partial charge in [0.05, 0.1) is 7.11 Å². The lowest BCUT2D eigenvalue weighted by Gasteiger charge is -2.11. The Morgan fingerprint density at radius 3 is 2.54 bits per heavy atom. The van der Waals surface area contributed by atoms with E-state index in [2.05, 4.69) is 0 Å². The summed E-state index contributed by atoms with van der Waals surface area (Å²) < 4.78 is 11.1. The third kappa shape index (κ3) is 5.11. The second kappa shape index (κ2) is 8.89. The number of primary amides is 1. The summed E-state index contributed by atoms with van der Waals surface area (Å²) in [5.74, 6) is 0.0958. The number of nitrogens with two attached hydrogens (primary N) is 1. The van der Waals surface area contributed by atoms with Gasteiger partial charge in [-0.05, 0) is 29.3 Å². The molecule has 0 saturated heterocycles. The summed E-state index contributed by atoms with van der Waals surface area (Å²) >= 11 is 0. The molecular formula is C19H17N3O4. The van der Waals surface area contributed by atoms with Gasteiger partial charge in [0.2, 0.25) is 0 Å². The minimum atomic E-state index is -1.03. The molecule has 0 fully saturated rings. The number of carbonyl (C=O) groups is 2. The predicted molar refractivity (Wildman–Crippen MR) is 95.1 cm³/mol. The van der Waals surface area contributed by atoms with E-state index in [1.54, 1.807) is 24.3 Å². The molecule has 26 heavy (non-hydrogen) atoms. The molecule has 7 nitrogen and oxygen atoms in total. The molecule has 0 saturated carbocycles. The molecule has 132 valence electrons. The normalized spacial score (nSPS) is 10.5. The summed E-state index contributed by atoms with van der Waals surface area (Å²) in [6, 6.07) is 15.2. The molecule has 0 heterocycles. The lowest BCUT2D eigenvalue weighted by atomic mass is 10.1. The van der Waals surface area contributed by atoms with Crippen LogP contribution in [0.3, 0.4) is 0 Å². The summed E-state index contributed by atoms with van der Waals surface area (Å²) in [5.41, 5.74) is 6.14. The number of methoxy groups -OCH3 is 1. The largest absolute Gasteiger partial charge is 0.493 e. The van der Waals surface area contributed by atoms with Gasteiger partial charge in [-0.25, -0.2) is 4.79 Å². The number of hydrogen-bond acceptors (Lipinski definition) is 5. The van der Waals surface area contributed by atoms with Gasteiger partial charge in [0.1, 0.15) is 18.2 Å². The fourth-order valence-corrected chi connectivity index (χ4v) is 2.13. The molecule has 0 aliphatic heterocycles. The molecule has 2 aromatic rings. The quantitative estimate of drug-likeness (QED) is 0.612. The van der Waals surface area contributed by atoms with Gasteiger partial charge in [0.15, 0.2) is 11.5 Å². The molecule has 3 N–H and O–H groups in total. The number of rotatable bonds is 6. The van der Waals surface area contributed by atoms with Crippen molar-refractivity contribution in [2.45, 2.75) is 6.61 Å². The molecular weight excluding hydrogens is 334 g/mol. The Morgan fingerprint density at radius 1 is 1.19 bits per heavy atom. The third-order valence-corrected chi connectivity index (χ3v) is 3.34. The van der Waals surface area contributed by atoms with Crippen LogP contribution in [0.25, 0.3) is 6.08 Å². The Morgan fingerprint density at radius 2 is 1.92 bits per heavy atom. The number of ether oxygens (including phenoxy) is 2. The van der Waals surface area contributed by atoms with Crippen molar-refractivity contribution in [2.75, 3.05) is 7.11 Å². The molecule has 2 rings (SSSR count). The summed E-state index contributed by atoms with van der Waals surface area (Å²) in [6.45, 7) is 0.331. The van der Waals surface area contributed by atoms with Crippen LogP contribution >= 0.6 is 0 Å². The monoisotopic (exact) mass is 351 g/mol. The molecule has 0 aromatic heterocycles. The Hall–Kier alpha value is -3.79. The van der Waals surface area contributed by atoms with E-state index in [1.165, 1.54) is 13.2 Å². The Bertz CT molecular complexity index is 870. The van der Waals surface area contributed by atoms with Gasteiger partial charge < -0.3 is 15.2 Å². The van der Waals surface area contributed by atoms with Crippen LogP contribution in [-0.4, -0.2) is 19.0 Å². The van der Waals surface area contributed by atoms with Gasteiger partial charge in [-0.2, -0.15) is 5.26 Å². The van der Waals surface area contributed by atoms with E-state index >= 15 is 0 Å². The number of nitriles is 1. The van der Waals surface area contributed by atoms with Gasteiger partial charge in [-0.1, -0.05) is 36.4 Å². The summed E-state index contributed by atoms with van der Waals surface area (Å²) in [7, 11) is 1.52. The van der Waals surface area contributed by atoms with Crippen LogP contribution in [0.5, 0.6) is 11.5 Å². The van der Waals surface area contributed by atoms with E-state index in [0.29, 0.717) is 23.7 Å². The van der Waals surface area contributed by atoms with Crippen LogP contribution < -0.4 is 20.5 Å². The van der Waals surface area contributed by atoms with Crippen LogP contribution in [-0.2, 0) is 11.4 Å². The van der Waals surface area contributed by atoms with Crippen LogP contribution in [0, 0.1) is 11.3 Å². The van der Waals surface area contributed by atoms with Crippen LogP contribution in [0.1, 0.15) is 11.1 Å². The minimum Gasteiger partial charge on any atom is -0.493 e. The van der Waals surface area contributed by atoms with Crippen molar-refractivity contribution < 1.29 is 19.1 Å². The molecule has 0 radical (unpaired) electrons. The van der Waals surface area contributed by atoms with Gasteiger partial charge in [-0.3, -0.25) is 10.1 Å². The first-order valence-corrected chi connectivity index (χ1v) is 7.61. The van der Waals surface area contributed by atoms with Crippen molar-refractivity contribution in [2.24, 2.45) is 5.73 Å². The Kier molecular flexibility index (Phi) is 6.34. The van der Waals surface area contributed by atoms with Crippen LogP contribution in [0.15, 0.2) is 54.1 Å². The van der Waals surface area contributed by atoms with Crippen molar-refractivity contribution in [1.29, 1.82) is 5.26 Å². The summed E-state index contributed by atoms with van der Waals surface area (Å²) in [5, 5.41) is 11.0. The first-order valence-electron chi connectivity index (χ1n) is 7.61. The fourth-order valence-electron chi connectivity index (χ4n) is 2.13. The molecule has 0 unspecified atom stereocenters. The minimum absolute atomic E-state index is 0.261. The number of nitrogens with zero attached hydrogens (tertiary/aromatic N) is 1. The lowest BCUT2D eigenvalue weighted by Crippen LogP contribution is -2.35. The number of benzene rings is 2.